The summed E-state index contributed by atoms with van der Waals surface area (Å²) in [5, 5.41) is 6.26. The lowest BCUT2D eigenvalue weighted by Gasteiger charge is -2.20. The van der Waals surface area contributed by atoms with Crippen molar-refractivity contribution in [3.63, 3.8) is 0 Å². The lowest BCUT2D eigenvalue weighted by molar-refractivity contribution is -0.115. The van der Waals surface area contributed by atoms with Gasteiger partial charge in [0.15, 0.2) is 0 Å². The van der Waals surface area contributed by atoms with Crippen LogP contribution in [0, 0.1) is 0 Å². The Morgan fingerprint density at radius 3 is 1.94 bits per heavy atom. The van der Waals surface area contributed by atoms with Crippen molar-refractivity contribution < 1.29 is 9.59 Å². The van der Waals surface area contributed by atoms with E-state index < -0.39 is 0 Å². The quantitative estimate of drug-likeness (QED) is 0.541. The predicted molar refractivity (Wildman–Crippen MR) is 125 cm³/mol. The van der Waals surface area contributed by atoms with Crippen molar-refractivity contribution in [2.24, 2.45) is 0 Å². The van der Waals surface area contributed by atoms with Gasteiger partial charge >= 0.3 is 0 Å². The number of carbonyl (C=O) groups is 2. The van der Waals surface area contributed by atoms with E-state index in [1.54, 1.807) is 29.2 Å². The molecule has 31 heavy (non-hydrogen) atoms. The van der Waals surface area contributed by atoms with Crippen LogP contribution >= 0.6 is 0 Å². The molecule has 3 aromatic carbocycles. The summed E-state index contributed by atoms with van der Waals surface area (Å²) in [6.45, 7) is 5.35. The molecule has 5 heteroatoms. The van der Waals surface area contributed by atoms with Gasteiger partial charge in [-0.1, -0.05) is 66.7 Å². The van der Waals surface area contributed by atoms with Gasteiger partial charge < -0.3 is 10.2 Å². The number of hydrogen-bond acceptors (Lipinski definition) is 3. The summed E-state index contributed by atoms with van der Waals surface area (Å²) in [6, 6.07) is 27.1. The third-order valence-electron chi connectivity index (χ3n) is 5.18. The van der Waals surface area contributed by atoms with Gasteiger partial charge in [0.25, 0.3) is 5.91 Å². The highest BCUT2D eigenvalue weighted by Gasteiger charge is 2.16. The minimum Gasteiger partial charge on any atom is -0.339 e. The smallest absolute Gasteiger partial charge is 0.253 e. The van der Waals surface area contributed by atoms with Crippen molar-refractivity contribution in [2.75, 3.05) is 25.0 Å². The minimum absolute atomic E-state index is 0.0348. The Kier molecular flexibility index (Phi) is 7.96. The molecular weight excluding hydrogens is 386 g/mol. The van der Waals surface area contributed by atoms with Crippen LogP contribution in [-0.4, -0.2) is 36.3 Å². The fourth-order valence-corrected chi connectivity index (χ4v) is 3.54. The summed E-state index contributed by atoms with van der Waals surface area (Å²) < 4.78 is 0. The molecule has 0 spiro atoms. The molecule has 160 valence electrons. The Bertz CT molecular complexity index is 946. The van der Waals surface area contributed by atoms with Gasteiger partial charge in [0.2, 0.25) is 5.91 Å². The minimum atomic E-state index is -0.163. The van der Waals surface area contributed by atoms with Crippen molar-refractivity contribution in [3.8, 4) is 0 Å². The number of rotatable bonds is 9. The number of hydrogen-bond donors (Lipinski definition) is 2. The molecule has 0 aliphatic heterocycles. The molecule has 0 saturated carbocycles. The summed E-state index contributed by atoms with van der Waals surface area (Å²) >= 11 is 0. The molecule has 0 radical (unpaired) electrons. The van der Waals surface area contributed by atoms with Crippen molar-refractivity contribution in [2.45, 2.75) is 19.9 Å². The zero-order valence-electron chi connectivity index (χ0n) is 18.0. The van der Waals surface area contributed by atoms with Gasteiger partial charge in [-0.05, 0) is 43.2 Å². The molecule has 0 fully saturated rings. The Hall–Kier alpha value is -3.44. The number of anilines is 1. The summed E-state index contributed by atoms with van der Waals surface area (Å²) in [4.78, 5) is 27.0. The first-order valence-electron chi connectivity index (χ1n) is 10.6. The van der Waals surface area contributed by atoms with E-state index in [1.807, 2.05) is 74.5 Å². The number of nitrogens with one attached hydrogen (secondary N) is 2. The van der Waals surface area contributed by atoms with E-state index in [0.717, 1.165) is 11.1 Å². The maximum absolute atomic E-state index is 12.6. The lowest BCUT2D eigenvalue weighted by Crippen LogP contribution is -2.32. The van der Waals surface area contributed by atoms with Crippen LogP contribution in [0.2, 0.25) is 0 Å². The molecule has 0 unspecified atom stereocenters. The van der Waals surface area contributed by atoms with Crippen LogP contribution in [-0.2, 0) is 4.79 Å². The van der Waals surface area contributed by atoms with E-state index in [4.69, 9.17) is 0 Å². The highest BCUT2D eigenvalue weighted by atomic mass is 16.2. The number of amides is 2. The maximum Gasteiger partial charge on any atom is 0.253 e. The first kappa shape index (κ1) is 22.2. The predicted octanol–water partition coefficient (Wildman–Crippen LogP) is 4.49. The second-order valence-electron chi connectivity index (χ2n) is 7.24. The van der Waals surface area contributed by atoms with E-state index in [1.165, 1.54) is 0 Å². The third-order valence-corrected chi connectivity index (χ3v) is 5.18. The van der Waals surface area contributed by atoms with Gasteiger partial charge in [-0.25, -0.2) is 0 Å². The fraction of sp³-hybridized carbons (Fsp3) is 0.231. The summed E-state index contributed by atoms with van der Waals surface area (Å²) in [5.41, 5.74) is 3.36. The Labute approximate surface area is 184 Å². The molecule has 2 amide bonds. The molecule has 0 bridgehead atoms. The fourth-order valence-electron chi connectivity index (χ4n) is 3.54. The molecule has 0 aliphatic rings. The molecule has 3 rings (SSSR count). The van der Waals surface area contributed by atoms with Crippen LogP contribution < -0.4 is 10.6 Å². The average molecular weight is 416 g/mol. The van der Waals surface area contributed by atoms with Crippen LogP contribution in [0.3, 0.4) is 0 Å². The zero-order chi connectivity index (χ0) is 22.1. The monoisotopic (exact) mass is 415 g/mol. The van der Waals surface area contributed by atoms with Crippen LogP contribution in [0.5, 0.6) is 0 Å². The number of nitrogens with zero attached hydrogens (tertiary/aromatic N) is 1. The summed E-state index contributed by atoms with van der Waals surface area (Å²) in [5.74, 6) is -0.197. The third kappa shape index (κ3) is 6.03. The molecule has 0 heterocycles. The van der Waals surface area contributed by atoms with Crippen molar-refractivity contribution in [3.05, 3.63) is 102 Å². The van der Waals surface area contributed by atoms with Crippen LogP contribution in [0.15, 0.2) is 84.9 Å². The highest BCUT2D eigenvalue weighted by molar-refractivity contribution is 5.97. The molecule has 3 aromatic rings. The molecule has 5 nitrogen and oxygen atoms in total. The Balaban J connectivity index is 1.67. The van der Waals surface area contributed by atoms with Gasteiger partial charge in [0.05, 0.1) is 12.6 Å². The van der Waals surface area contributed by atoms with Crippen LogP contribution in [0.1, 0.15) is 41.4 Å². The first-order valence-corrected chi connectivity index (χ1v) is 10.6. The van der Waals surface area contributed by atoms with Crippen molar-refractivity contribution in [1.29, 1.82) is 0 Å². The highest BCUT2D eigenvalue weighted by Crippen LogP contribution is 2.21. The largest absolute Gasteiger partial charge is 0.339 e. The average Bonchev–Trinajstić information content (AvgIpc) is 2.81. The van der Waals surface area contributed by atoms with Gasteiger partial charge in [0, 0.05) is 24.3 Å². The van der Waals surface area contributed by atoms with Gasteiger partial charge in [0.1, 0.15) is 0 Å². The SMILES string of the molecule is CCN(CC)C(=O)c1cccc(NC(=O)CNC(c2ccccc2)c2ccccc2)c1. The molecular formula is C26H29N3O2. The standard InChI is InChI=1S/C26H29N3O2/c1-3-29(4-2)26(31)22-16-11-17-23(18-22)28-24(30)19-27-25(20-12-7-5-8-13-20)21-14-9-6-10-15-21/h5-18,25,27H,3-4,19H2,1-2H3,(H,28,30). The van der Waals surface area contributed by atoms with Gasteiger partial charge in [-0.15, -0.1) is 0 Å². The van der Waals surface area contributed by atoms with E-state index >= 15 is 0 Å². The zero-order valence-corrected chi connectivity index (χ0v) is 18.0. The topological polar surface area (TPSA) is 61.4 Å². The summed E-state index contributed by atoms with van der Waals surface area (Å²) in [6.07, 6.45) is 0. The molecule has 0 aromatic heterocycles. The summed E-state index contributed by atoms with van der Waals surface area (Å²) in [7, 11) is 0. The maximum atomic E-state index is 12.6. The lowest BCUT2D eigenvalue weighted by atomic mass is 9.99. The second-order valence-corrected chi connectivity index (χ2v) is 7.24. The van der Waals surface area contributed by atoms with E-state index in [0.29, 0.717) is 24.3 Å². The molecule has 0 aliphatic carbocycles. The van der Waals surface area contributed by atoms with Gasteiger partial charge in [-0.2, -0.15) is 0 Å². The van der Waals surface area contributed by atoms with Crippen LogP contribution in [0.4, 0.5) is 5.69 Å². The number of benzene rings is 3. The second kappa shape index (κ2) is 11.1. The Morgan fingerprint density at radius 2 is 1.39 bits per heavy atom. The normalized spacial score (nSPS) is 10.7. The Morgan fingerprint density at radius 1 is 0.806 bits per heavy atom. The molecule has 0 atom stereocenters. The van der Waals surface area contributed by atoms with Gasteiger partial charge in [-0.3, -0.25) is 14.9 Å². The molecule has 0 saturated heterocycles. The number of carbonyl (C=O) groups excluding carboxylic acids is 2. The van der Waals surface area contributed by atoms with E-state index in [9.17, 15) is 9.59 Å². The van der Waals surface area contributed by atoms with Crippen molar-refractivity contribution >= 4 is 17.5 Å². The first-order chi connectivity index (χ1) is 15.1. The van der Waals surface area contributed by atoms with Crippen molar-refractivity contribution in [1.82, 2.24) is 10.2 Å². The van der Waals surface area contributed by atoms with E-state index in [2.05, 4.69) is 10.6 Å². The van der Waals surface area contributed by atoms with Crippen LogP contribution in [0.25, 0.3) is 0 Å². The van der Waals surface area contributed by atoms with E-state index in [-0.39, 0.29) is 24.4 Å². The molecule has 2 N–H and O–H groups in total.